The number of aliphatic hydroxyl groups excluding tert-OH is 2. The maximum atomic E-state index is 10.3. The molecule has 3 fully saturated rings. The number of hydrogen-bond acceptors (Lipinski definition) is 7. The molecule has 3 heterocycles. The van der Waals surface area contributed by atoms with Crippen molar-refractivity contribution >= 4 is 0 Å². The van der Waals surface area contributed by atoms with Gasteiger partial charge in [0.15, 0.2) is 0 Å². The van der Waals surface area contributed by atoms with Crippen molar-refractivity contribution in [3.8, 4) is 0 Å². The minimum Gasteiger partial charge on any atom is -0.393 e. The van der Waals surface area contributed by atoms with Crippen LogP contribution in [0.5, 0.6) is 0 Å². The third-order valence-corrected chi connectivity index (χ3v) is 7.04. The van der Waals surface area contributed by atoms with Crippen molar-refractivity contribution in [3.63, 3.8) is 0 Å². The van der Waals surface area contributed by atoms with Crippen molar-refractivity contribution in [2.75, 3.05) is 13.2 Å². The number of hydrogen-bond donors (Lipinski definition) is 4. The fourth-order valence-electron chi connectivity index (χ4n) is 4.81. The van der Waals surface area contributed by atoms with Gasteiger partial charge in [0.05, 0.1) is 48.8 Å². The van der Waals surface area contributed by atoms with E-state index in [0.29, 0.717) is 12.8 Å². The van der Waals surface area contributed by atoms with Crippen LogP contribution in [0.4, 0.5) is 0 Å². The van der Waals surface area contributed by atoms with E-state index in [2.05, 4.69) is 0 Å². The van der Waals surface area contributed by atoms with Gasteiger partial charge in [-0.2, -0.15) is 0 Å². The first-order valence-electron chi connectivity index (χ1n) is 10.1. The van der Waals surface area contributed by atoms with Gasteiger partial charge in [-0.05, 0) is 66.2 Å². The van der Waals surface area contributed by atoms with Gasteiger partial charge in [0.1, 0.15) is 11.2 Å². The van der Waals surface area contributed by atoms with Crippen LogP contribution in [0.15, 0.2) is 0 Å². The molecule has 27 heavy (non-hydrogen) atoms. The molecule has 0 radical (unpaired) electrons. The first-order valence-corrected chi connectivity index (χ1v) is 10.1. The second-order valence-corrected chi connectivity index (χ2v) is 9.64. The van der Waals surface area contributed by atoms with E-state index in [1.54, 1.807) is 13.8 Å². The van der Waals surface area contributed by atoms with Gasteiger partial charge in [-0.1, -0.05) is 0 Å². The van der Waals surface area contributed by atoms with E-state index >= 15 is 0 Å². The Labute approximate surface area is 161 Å². The summed E-state index contributed by atoms with van der Waals surface area (Å²) in [6.45, 7) is 6.57. The van der Waals surface area contributed by atoms with E-state index in [-0.39, 0.29) is 25.4 Å². The number of rotatable bonds is 6. The molecule has 0 aromatic rings. The number of ether oxygens (including phenoxy) is 3. The van der Waals surface area contributed by atoms with E-state index in [0.717, 1.165) is 25.7 Å². The summed E-state index contributed by atoms with van der Waals surface area (Å²) in [5.74, 6) is 0. The molecule has 0 aliphatic carbocycles. The second kappa shape index (κ2) is 7.20. The lowest BCUT2D eigenvalue weighted by molar-refractivity contribution is -0.204. The van der Waals surface area contributed by atoms with Gasteiger partial charge in [0, 0.05) is 0 Å². The number of aliphatic hydroxyl groups is 4. The smallest absolute Gasteiger partial charge is 0.111 e. The maximum Gasteiger partial charge on any atom is 0.111 e. The van der Waals surface area contributed by atoms with Gasteiger partial charge in [0.2, 0.25) is 0 Å². The van der Waals surface area contributed by atoms with Crippen molar-refractivity contribution in [3.05, 3.63) is 0 Å². The van der Waals surface area contributed by atoms with Crippen molar-refractivity contribution in [1.29, 1.82) is 0 Å². The first kappa shape index (κ1) is 21.4. The highest BCUT2D eigenvalue weighted by Gasteiger charge is 2.55. The van der Waals surface area contributed by atoms with Crippen LogP contribution in [0.3, 0.4) is 0 Å². The summed E-state index contributed by atoms with van der Waals surface area (Å²) in [7, 11) is 0. The molecule has 0 aromatic carbocycles. The molecule has 0 aromatic heterocycles. The molecule has 7 heteroatoms. The van der Waals surface area contributed by atoms with Crippen LogP contribution in [-0.4, -0.2) is 80.5 Å². The molecule has 158 valence electrons. The van der Waals surface area contributed by atoms with Crippen LogP contribution in [-0.2, 0) is 14.2 Å². The molecule has 0 amide bonds. The minimum atomic E-state index is -1.25. The maximum absolute atomic E-state index is 10.3. The lowest BCUT2D eigenvalue weighted by Crippen LogP contribution is -2.48. The van der Waals surface area contributed by atoms with Gasteiger partial charge in [-0.3, -0.25) is 0 Å². The molecule has 0 unspecified atom stereocenters. The molecule has 3 aliphatic rings. The summed E-state index contributed by atoms with van der Waals surface area (Å²) < 4.78 is 18.7. The van der Waals surface area contributed by atoms with Crippen LogP contribution in [0, 0.1) is 0 Å². The highest BCUT2D eigenvalue weighted by Crippen LogP contribution is 2.47. The highest BCUT2D eigenvalue weighted by molar-refractivity contribution is 5.04. The largest absolute Gasteiger partial charge is 0.393 e. The quantitative estimate of drug-likeness (QED) is 0.535. The summed E-state index contributed by atoms with van der Waals surface area (Å²) >= 11 is 0. The van der Waals surface area contributed by atoms with E-state index < -0.39 is 34.6 Å². The Balaban J connectivity index is 1.62. The Morgan fingerprint density at radius 2 is 1.15 bits per heavy atom. The first-order chi connectivity index (χ1) is 12.5. The van der Waals surface area contributed by atoms with Crippen LogP contribution in [0.2, 0.25) is 0 Å². The predicted molar refractivity (Wildman–Crippen MR) is 98.3 cm³/mol. The van der Waals surface area contributed by atoms with Gasteiger partial charge in [-0.15, -0.1) is 0 Å². The van der Waals surface area contributed by atoms with E-state index in [4.69, 9.17) is 14.2 Å². The summed E-state index contributed by atoms with van der Waals surface area (Å²) in [6, 6.07) is 0. The average molecular weight is 389 g/mol. The second-order valence-electron chi connectivity index (χ2n) is 9.64. The van der Waals surface area contributed by atoms with E-state index in [1.165, 1.54) is 0 Å². The zero-order valence-electron chi connectivity index (χ0n) is 17.0. The van der Waals surface area contributed by atoms with Crippen molar-refractivity contribution in [2.45, 2.75) is 113 Å². The van der Waals surface area contributed by atoms with Crippen LogP contribution >= 0.6 is 0 Å². The molecule has 0 spiro atoms. The Morgan fingerprint density at radius 3 is 1.48 bits per heavy atom. The van der Waals surface area contributed by atoms with Gasteiger partial charge < -0.3 is 34.6 Å². The lowest BCUT2D eigenvalue weighted by Gasteiger charge is -2.37. The summed E-state index contributed by atoms with van der Waals surface area (Å²) in [4.78, 5) is 0. The van der Waals surface area contributed by atoms with E-state index in [1.807, 2.05) is 13.8 Å². The minimum absolute atomic E-state index is 0.0974. The fourth-order valence-corrected chi connectivity index (χ4v) is 4.81. The van der Waals surface area contributed by atoms with Gasteiger partial charge >= 0.3 is 0 Å². The Morgan fingerprint density at radius 1 is 0.778 bits per heavy atom. The third kappa shape index (κ3) is 3.92. The standard InChI is InChI=1S/C20H36O7/c1-17(23,11-21)13-7-9-19(3,26-13)15-5-6-16(25-15)20(4)10-8-14(27-20)18(2,24)12-22/h13-16,21-24H,5-12H2,1-4H3/t13-,14+,15+,16-,17+,18-,19-,20+. The molecule has 3 aliphatic heterocycles. The summed E-state index contributed by atoms with van der Waals surface area (Å²) in [6.07, 6.45) is 3.59. The molecule has 3 saturated heterocycles. The summed E-state index contributed by atoms with van der Waals surface area (Å²) in [5.41, 5.74) is -3.49. The van der Waals surface area contributed by atoms with Gasteiger partial charge in [0.25, 0.3) is 0 Å². The Kier molecular flexibility index (Phi) is 5.71. The van der Waals surface area contributed by atoms with Crippen molar-refractivity contribution < 1.29 is 34.6 Å². The van der Waals surface area contributed by atoms with Crippen LogP contribution in [0.25, 0.3) is 0 Å². The molecule has 3 rings (SSSR count). The molecular formula is C20H36O7. The predicted octanol–water partition coefficient (Wildman–Crippen LogP) is 0.896. The van der Waals surface area contributed by atoms with E-state index in [9.17, 15) is 20.4 Å². The molecular weight excluding hydrogens is 352 g/mol. The van der Waals surface area contributed by atoms with Crippen LogP contribution in [0.1, 0.15) is 66.2 Å². The zero-order chi connectivity index (χ0) is 20.1. The third-order valence-electron chi connectivity index (χ3n) is 7.04. The van der Waals surface area contributed by atoms with Crippen LogP contribution < -0.4 is 0 Å². The molecule has 7 nitrogen and oxygen atoms in total. The highest BCUT2D eigenvalue weighted by atomic mass is 16.6. The zero-order valence-corrected chi connectivity index (χ0v) is 17.0. The average Bonchev–Trinajstić information content (AvgIpc) is 3.34. The Bertz CT molecular complexity index is 490. The monoisotopic (exact) mass is 388 g/mol. The molecule has 4 N–H and O–H groups in total. The molecule has 0 bridgehead atoms. The normalized spacial score (nSPS) is 47.1. The van der Waals surface area contributed by atoms with Crippen molar-refractivity contribution in [2.24, 2.45) is 0 Å². The topological polar surface area (TPSA) is 109 Å². The SMILES string of the molecule is C[C@](O)(CO)[C@H]1CC[C@](C)([C@@H]2CC[C@H]([C@]3(C)CC[C@@H]([C@](C)(O)CO)O3)O2)O1. The lowest BCUT2D eigenvalue weighted by atomic mass is 9.90. The Hall–Kier alpha value is -0.280. The van der Waals surface area contributed by atoms with Crippen molar-refractivity contribution in [1.82, 2.24) is 0 Å². The molecule has 8 atom stereocenters. The molecule has 0 saturated carbocycles. The fraction of sp³-hybridized carbons (Fsp3) is 1.00. The summed E-state index contributed by atoms with van der Waals surface area (Å²) in [5, 5.41) is 39.4. The van der Waals surface area contributed by atoms with Gasteiger partial charge in [-0.25, -0.2) is 0 Å².